The van der Waals surface area contributed by atoms with Gasteiger partial charge in [-0.05, 0) is 12.1 Å². The summed E-state index contributed by atoms with van der Waals surface area (Å²) in [7, 11) is 0. The molecule has 0 radical (unpaired) electrons. The van der Waals surface area contributed by atoms with Crippen molar-refractivity contribution in [2.45, 2.75) is 12.5 Å². The van der Waals surface area contributed by atoms with Gasteiger partial charge >= 0.3 is 0 Å². The van der Waals surface area contributed by atoms with E-state index in [-0.39, 0.29) is 11.9 Å². The van der Waals surface area contributed by atoms with Gasteiger partial charge in [0.05, 0.1) is 27.9 Å². The van der Waals surface area contributed by atoms with Crippen LogP contribution in [0.1, 0.15) is 5.01 Å². The third-order valence-corrected chi connectivity index (χ3v) is 3.86. The highest BCUT2D eigenvalue weighted by Crippen LogP contribution is 2.24. The fourth-order valence-electron chi connectivity index (χ4n) is 1.98. The van der Waals surface area contributed by atoms with Crippen LogP contribution in [0.2, 0.25) is 0 Å². The second-order valence-electron chi connectivity index (χ2n) is 4.12. The molecule has 2 heterocycles. The number of hydrogen-bond acceptors (Lipinski definition) is 4. The van der Waals surface area contributed by atoms with E-state index >= 15 is 0 Å². The van der Waals surface area contributed by atoms with Crippen LogP contribution < -0.4 is 5.32 Å². The maximum atomic E-state index is 13.0. The molecule has 1 fully saturated rings. The molecule has 1 aliphatic heterocycles. The van der Waals surface area contributed by atoms with Crippen LogP contribution in [0.5, 0.6) is 0 Å². The number of hydrogen-bond donors (Lipinski definition) is 1. The Morgan fingerprint density at radius 3 is 3.29 bits per heavy atom. The minimum absolute atomic E-state index is 0.189. The molecule has 1 unspecified atom stereocenters. The smallest absolute Gasteiger partial charge is 0.125 e. The zero-order valence-corrected chi connectivity index (χ0v) is 10.1. The number of benzene rings is 1. The van der Waals surface area contributed by atoms with Crippen molar-refractivity contribution in [1.29, 1.82) is 0 Å². The van der Waals surface area contributed by atoms with Gasteiger partial charge in [-0.3, -0.25) is 0 Å². The first-order chi connectivity index (χ1) is 8.31. The molecule has 0 saturated carbocycles. The molecule has 2 aromatic rings. The fourth-order valence-corrected chi connectivity index (χ4v) is 2.99. The normalized spacial score (nSPS) is 20.9. The van der Waals surface area contributed by atoms with Crippen LogP contribution in [0, 0.1) is 5.82 Å². The summed E-state index contributed by atoms with van der Waals surface area (Å²) in [4.78, 5) is 4.44. The zero-order chi connectivity index (χ0) is 11.7. The third kappa shape index (κ3) is 2.46. The van der Waals surface area contributed by atoms with Gasteiger partial charge in [-0.2, -0.15) is 0 Å². The van der Waals surface area contributed by atoms with Crippen molar-refractivity contribution in [1.82, 2.24) is 10.3 Å². The topological polar surface area (TPSA) is 34.1 Å². The summed E-state index contributed by atoms with van der Waals surface area (Å²) >= 11 is 1.61. The summed E-state index contributed by atoms with van der Waals surface area (Å²) in [5.74, 6) is -0.232. The molecule has 0 amide bonds. The predicted molar refractivity (Wildman–Crippen MR) is 65.9 cm³/mol. The van der Waals surface area contributed by atoms with Crippen LogP contribution in [0.15, 0.2) is 18.2 Å². The van der Waals surface area contributed by atoms with Gasteiger partial charge in [0.1, 0.15) is 5.82 Å². The lowest BCUT2D eigenvalue weighted by Gasteiger charge is -2.22. The number of fused-ring (bicyclic) bond motifs is 1. The summed E-state index contributed by atoms with van der Waals surface area (Å²) in [6.45, 7) is 2.54. The van der Waals surface area contributed by atoms with Crippen molar-refractivity contribution >= 4 is 21.6 Å². The number of morpholine rings is 1. The Kier molecular flexibility index (Phi) is 3.05. The minimum atomic E-state index is -0.232. The van der Waals surface area contributed by atoms with Gasteiger partial charge in [0.25, 0.3) is 0 Å². The lowest BCUT2D eigenvalue weighted by Crippen LogP contribution is -2.39. The van der Waals surface area contributed by atoms with Crippen molar-refractivity contribution in [3.8, 4) is 0 Å². The Morgan fingerprint density at radius 1 is 1.53 bits per heavy atom. The number of aromatic nitrogens is 1. The Hall–Kier alpha value is -1.04. The summed E-state index contributed by atoms with van der Waals surface area (Å²) in [6, 6.07) is 4.74. The van der Waals surface area contributed by atoms with Crippen LogP contribution in [0.25, 0.3) is 10.2 Å². The summed E-state index contributed by atoms with van der Waals surface area (Å²) < 4.78 is 19.7. The van der Waals surface area contributed by atoms with Gasteiger partial charge in [-0.15, -0.1) is 11.3 Å². The van der Waals surface area contributed by atoms with E-state index in [0.717, 1.165) is 41.3 Å². The number of thiazole rings is 1. The van der Waals surface area contributed by atoms with Gasteiger partial charge < -0.3 is 10.1 Å². The van der Waals surface area contributed by atoms with Crippen molar-refractivity contribution in [2.75, 3.05) is 19.7 Å². The molecule has 1 aliphatic rings. The van der Waals surface area contributed by atoms with E-state index in [1.165, 1.54) is 12.1 Å². The third-order valence-electron chi connectivity index (χ3n) is 2.80. The highest BCUT2D eigenvalue weighted by molar-refractivity contribution is 7.18. The molecule has 1 N–H and O–H groups in total. The average Bonchev–Trinajstić information content (AvgIpc) is 2.71. The van der Waals surface area contributed by atoms with Crippen LogP contribution in [0.4, 0.5) is 4.39 Å². The van der Waals surface area contributed by atoms with E-state index in [2.05, 4.69) is 10.3 Å². The van der Waals surface area contributed by atoms with Crippen molar-refractivity contribution in [3.63, 3.8) is 0 Å². The van der Waals surface area contributed by atoms with Crippen molar-refractivity contribution in [3.05, 3.63) is 29.0 Å². The van der Waals surface area contributed by atoms with E-state index in [1.807, 2.05) is 0 Å². The second kappa shape index (κ2) is 4.68. The lowest BCUT2D eigenvalue weighted by molar-refractivity contribution is 0.0292. The number of rotatable bonds is 2. The SMILES string of the molecule is Fc1ccc2sc(CC3CNCCO3)nc2c1. The zero-order valence-electron chi connectivity index (χ0n) is 9.28. The summed E-state index contributed by atoms with van der Waals surface area (Å²) in [5, 5.41) is 4.30. The molecule has 90 valence electrons. The van der Waals surface area contributed by atoms with Crippen molar-refractivity contribution in [2.24, 2.45) is 0 Å². The Bertz CT molecular complexity index is 522. The standard InChI is InChI=1S/C12H13FN2OS/c13-8-1-2-11-10(5-8)15-12(17-11)6-9-7-14-3-4-16-9/h1-2,5,9,14H,3-4,6-7H2. The Labute approximate surface area is 103 Å². The molecule has 1 saturated heterocycles. The van der Waals surface area contributed by atoms with Gasteiger partial charge in [-0.25, -0.2) is 9.37 Å². The molecule has 3 nitrogen and oxygen atoms in total. The van der Waals surface area contributed by atoms with E-state index < -0.39 is 0 Å². The first-order valence-electron chi connectivity index (χ1n) is 5.68. The molecular weight excluding hydrogens is 239 g/mol. The van der Waals surface area contributed by atoms with E-state index in [0.29, 0.717) is 0 Å². The maximum absolute atomic E-state index is 13.0. The highest BCUT2D eigenvalue weighted by Gasteiger charge is 2.16. The number of halogens is 1. The van der Waals surface area contributed by atoms with Crippen LogP contribution in [-0.4, -0.2) is 30.8 Å². The first kappa shape index (κ1) is 11.1. The molecule has 0 aliphatic carbocycles. The minimum Gasteiger partial charge on any atom is -0.375 e. The number of ether oxygens (including phenoxy) is 1. The van der Waals surface area contributed by atoms with Crippen LogP contribution in [-0.2, 0) is 11.2 Å². The molecule has 0 spiro atoms. The Balaban J connectivity index is 1.80. The van der Waals surface area contributed by atoms with Gasteiger partial charge in [-0.1, -0.05) is 0 Å². The second-order valence-corrected chi connectivity index (χ2v) is 5.24. The van der Waals surface area contributed by atoms with Crippen LogP contribution in [0.3, 0.4) is 0 Å². The molecule has 1 aromatic heterocycles. The predicted octanol–water partition coefficient (Wildman–Crippen LogP) is 1.97. The van der Waals surface area contributed by atoms with Gasteiger partial charge in [0.15, 0.2) is 0 Å². The molecule has 0 bridgehead atoms. The van der Waals surface area contributed by atoms with E-state index in [1.54, 1.807) is 17.4 Å². The quantitative estimate of drug-likeness (QED) is 0.887. The maximum Gasteiger partial charge on any atom is 0.125 e. The highest BCUT2D eigenvalue weighted by atomic mass is 32.1. The summed E-state index contributed by atoms with van der Waals surface area (Å²) in [5.41, 5.74) is 0.744. The monoisotopic (exact) mass is 252 g/mol. The lowest BCUT2D eigenvalue weighted by atomic mass is 10.2. The number of nitrogens with zero attached hydrogens (tertiary/aromatic N) is 1. The van der Waals surface area contributed by atoms with Crippen LogP contribution >= 0.6 is 11.3 Å². The molecule has 5 heteroatoms. The largest absolute Gasteiger partial charge is 0.375 e. The Morgan fingerprint density at radius 2 is 2.47 bits per heavy atom. The molecule has 1 atom stereocenters. The number of nitrogens with one attached hydrogen (secondary N) is 1. The first-order valence-corrected chi connectivity index (χ1v) is 6.50. The molecule has 17 heavy (non-hydrogen) atoms. The summed E-state index contributed by atoms with van der Waals surface area (Å²) in [6.07, 6.45) is 0.989. The molecule has 3 rings (SSSR count). The molecule has 1 aromatic carbocycles. The average molecular weight is 252 g/mol. The fraction of sp³-hybridized carbons (Fsp3) is 0.417. The molecular formula is C12H13FN2OS. The van der Waals surface area contributed by atoms with Gasteiger partial charge in [0.2, 0.25) is 0 Å². The van der Waals surface area contributed by atoms with E-state index in [4.69, 9.17) is 4.74 Å². The van der Waals surface area contributed by atoms with E-state index in [9.17, 15) is 4.39 Å². The van der Waals surface area contributed by atoms with Crippen molar-refractivity contribution < 1.29 is 9.13 Å². The van der Waals surface area contributed by atoms with Gasteiger partial charge in [0, 0.05) is 25.6 Å².